The molecular formula is C6H2BrClF3N. The van der Waals surface area contributed by atoms with Gasteiger partial charge in [0.1, 0.15) is 0 Å². The summed E-state index contributed by atoms with van der Waals surface area (Å²) in [5.74, 6) is 0. The van der Waals surface area contributed by atoms with Crippen LogP contribution < -0.4 is 0 Å². The number of alkyl halides is 3. The SMILES string of the molecule is FC(F)(F)c1ncc(Br)cc1Cl. The van der Waals surface area contributed by atoms with E-state index in [9.17, 15) is 13.2 Å². The molecule has 0 unspecified atom stereocenters. The first-order valence-corrected chi connectivity index (χ1v) is 3.96. The van der Waals surface area contributed by atoms with Crippen LogP contribution in [-0.4, -0.2) is 4.98 Å². The fraction of sp³-hybridized carbons (Fsp3) is 0.167. The zero-order chi connectivity index (χ0) is 9.35. The standard InChI is InChI=1S/C6H2BrClF3N/c7-3-1-4(8)5(12-2-3)6(9,10)11/h1-2H. The van der Waals surface area contributed by atoms with Crippen LogP contribution in [0.2, 0.25) is 5.02 Å². The zero-order valence-electron chi connectivity index (χ0n) is 5.49. The molecule has 1 heterocycles. The summed E-state index contributed by atoms with van der Waals surface area (Å²) in [6, 6.07) is 1.15. The van der Waals surface area contributed by atoms with E-state index in [-0.39, 0.29) is 0 Å². The Balaban J connectivity index is 3.19. The molecule has 0 amide bonds. The Hall–Kier alpha value is -0.290. The second kappa shape index (κ2) is 3.22. The van der Waals surface area contributed by atoms with Crippen LogP contribution in [0.15, 0.2) is 16.7 Å². The predicted molar refractivity (Wildman–Crippen MR) is 41.9 cm³/mol. The highest BCUT2D eigenvalue weighted by Gasteiger charge is 2.34. The maximum atomic E-state index is 12.0. The second-order valence-electron chi connectivity index (χ2n) is 1.98. The minimum atomic E-state index is -4.49. The highest BCUT2D eigenvalue weighted by Crippen LogP contribution is 2.33. The van der Waals surface area contributed by atoms with Gasteiger partial charge in [-0.2, -0.15) is 13.2 Å². The smallest absolute Gasteiger partial charge is 0.249 e. The summed E-state index contributed by atoms with van der Waals surface area (Å²) < 4.78 is 36.5. The maximum Gasteiger partial charge on any atom is 0.434 e. The molecule has 0 N–H and O–H groups in total. The molecule has 0 bridgehead atoms. The highest BCUT2D eigenvalue weighted by molar-refractivity contribution is 9.10. The molecule has 0 saturated heterocycles. The van der Waals surface area contributed by atoms with E-state index >= 15 is 0 Å². The third kappa shape index (κ3) is 2.10. The first-order chi connectivity index (χ1) is 5.41. The Morgan fingerprint density at radius 2 is 2.00 bits per heavy atom. The van der Waals surface area contributed by atoms with Gasteiger partial charge in [-0.25, -0.2) is 4.98 Å². The van der Waals surface area contributed by atoms with E-state index in [2.05, 4.69) is 20.9 Å². The molecule has 0 aliphatic heterocycles. The van der Waals surface area contributed by atoms with E-state index in [0.717, 1.165) is 12.3 Å². The fourth-order valence-electron chi connectivity index (χ4n) is 0.623. The van der Waals surface area contributed by atoms with Crippen LogP contribution in [-0.2, 0) is 6.18 Å². The average molecular weight is 260 g/mol. The first-order valence-electron chi connectivity index (χ1n) is 2.79. The molecule has 12 heavy (non-hydrogen) atoms. The molecule has 6 heteroatoms. The van der Waals surface area contributed by atoms with Crippen LogP contribution in [0.3, 0.4) is 0 Å². The molecule has 0 aliphatic rings. The molecule has 0 radical (unpaired) electrons. The van der Waals surface area contributed by atoms with Gasteiger partial charge in [0, 0.05) is 10.7 Å². The van der Waals surface area contributed by atoms with E-state index in [0.29, 0.717) is 4.47 Å². The fourth-order valence-corrected chi connectivity index (χ4v) is 1.36. The topological polar surface area (TPSA) is 12.9 Å². The largest absolute Gasteiger partial charge is 0.434 e. The lowest BCUT2D eigenvalue weighted by molar-refractivity contribution is -0.141. The van der Waals surface area contributed by atoms with Gasteiger partial charge in [0.25, 0.3) is 0 Å². The van der Waals surface area contributed by atoms with Crippen molar-refractivity contribution in [1.82, 2.24) is 4.98 Å². The minimum Gasteiger partial charge on any atom is -0.249 e. The number of pyridine rings is 1. The van der Waals surface area contributed by atoms with E-state index < -0.39 is 16.9 Å². The molecule has 1 nitrogen and oxygen atoms in total. The van der Waals surface area contributed by atoms with Crippen molar-refractivity contribution >= 4 is 27.5 Å². The molecule has 0 aromatic carbocycles. The lowest BCUT2D eigenvalue weighted by atomic mass is 10.3. The summed E-state index contributed by atoms with van der Waals surface area (Å²) in [7, 11) is 0. The van der Waals surface area contributed by atoms with Crippen molar-refractivity contribution in [2.24, 2.45) is 0 Å². The lowest BCUT2D eigenvalue weighted by Crippen LogP contribution is -2.08. The molecule has 0 saturated carbocycles. The highest BCUT2D eigenvalue weighted by atomic mass is 79.9. The molecule has 0 fully saturated rings. The number of aromatic nitrogens is 1. The third-order valence-electron chi connectivity index (χ3n) is 1.08. The minimum absolute atomic E-state index is 0.406. The Bertz CT molecular complexity index is 299. The Kier molecular flexibility index (Phi) is 2.63. The van der Waals surface area contributed by atoms with Crippen LogP contribution in [0.4, 0.5) is 13.2 Å². The van der Waals surface area contributed by atoms with Crippen molar-refractivity contribution < 1.29 is 13.2 Å². The van der Waals surface area contributed by atoms with Crippen LogP contribution in [0.5, 0.6) is 0 Å². The van der Waals surface area contributed by atoms with Crippen LogP contribution in [0.25, 0.3) is 0 Å². The molecule has 0 atom stereocenters. The normalized spacial score (nSPS) is 11.8. The van der Waals surface area contributed by atoms with Crippen LogP contribution in [0.1, 0.15) is 5.69 Å². The van der Waals surface area contributed by atoms with E-state index in [1.807, 2.05) is 0 Å². The summed E-state index contributed by atoms with van der Waals surface area (Å²) in [5.41, 5.74) is -1.06. The van der Waals surface area contributed by atoms with Crippen LogP contribution >= 0.6 is 27.5 Å². The van der Waals surface area contributed by atoms with Crippen molar-refractivity contribution in [3.8, 4) is 0 Å². The van der Waals surface area contributed by atoms with Gasteiger partial charge >= 0.3 is 6.18 Å². The van der Waals surface area contributed by atoms with Crippen molar-refractivity contribution in [2.45, 2.75) is 6.18 Å². The van der Waals surface area contributed by atoms with E-state index in [4.69, 9.17) is 11.6 Å². The Morgan fingerprint density at radius 1 is 1.42 bits per heavy atom. The van der Waals surface area contributed by atoms with Crippen LogP contribution in [0, 0.1) is 0 Å². The quantitative estimate of drug-likeness (QED) is 0.695. The molecule has 1 rings (SSSR count). The second-order valence-corrected chi connectivity index (χ2v) is 3.30. The summed E-state index contributed by atoms with van der Waals surface area (Å²) in [4.78, 5) is 3.15. The number of halogens is 5. The van der Waals surface area contributed by atoms with Crippen molar-refractivity contribution in [1.29, 1.82) is 0 Å². The van der Waals surface area contributed by atoms with Gasteiger partial charge in [0.2, 0.25) is 0 Å². The molecule has 1 aromatic rings. The van der Waals surface area contributed by atoms with Gasteiger partial charge in [-0.1, -0.05) is 11.6 Å². The van der Waals surface area contributed by atoms with E-state index in [1.165, 1.54) is 0 Å². The van der Waals surface area contributed by atoms with Crippen molar-refractivity contribution in [2.75, 3.05) is 0 Å². The van der Waals surface area contributed by atoms with E-state index in [1.54, 1.807) is 0 Å². The van der Waals surface area contributed by atoms with Gasteiger partial charge < -0.3 is 0 Å². The van der Waals surface area contributed by atoms with Gasteiger partial charge in [-0.3, -0.25) is 0 Å². The monoisotopic (exact) mass is 259 g/mol. The maximum absolute atomic E-state index is 12.0. The number of rotatable bonds is 0. The number of hydrogen-bond donors (Lipinski definition) is 0. The first kappa shape index (κ1) is 9.80. The van der Waals surface area contributed by atoms with Gasteiger partial charge in [-0.15, -0.1) is 0 Å². The predicted octanol–water partition coefficient (Wildman–Crippen LogP) is 3.52. The molecule has 0 spiro atoms. The van der Waals surface area contributed by atoms with Gasteiger partial charge in [0.15, 0.2) is 5.69 Å². The molecular weight excluding hydrogens is 258 g/mol. The zero-order valence-corrected chi connectivity index (χ0v) is 7.83. The Labute approximate surface area is 79.7 Å². The summed E-state index contributed by atoms with van der Waals surface area (Å²) in [5, 5.41) is -0.406. The van der Waals surface area contributed by atoms with Gasteiger partial charge in [-0.05, 0) is 22.0 Å². The molecule has 0 aliphatic carbocycles. The lowest BCUT2D eigenvalue weighted by Gasteiger charge is -2.06. The van der Waals surface area contributed by atoms with Gasteiger partial charge in [0.05, 0.1) is 5.02 Å². The third-order valence-corrected chi connectivity index (χ3v) is 1.80. The van der Waals surface area contributed by atoms with Crippen molar-refractivity contribution in [3.63, 3.8) is 0 Å². The Morgan fingerprint density at radius 3 is 2.42 bits per heavy atom. The summed E-state index contributed by atoms with van der Waals surface area (Å²) in [6.45, 7) is 0. The summed E-state index contributed by atoms with van der Waals surface area (Å²) in [6.07, 6.45) is -3.44. The number of hydrogen-bond acceptors (Lipinski definition) is 1. The summed E-state index contributed by atoms with van der Waals surface area (Å²) >= 11 is 8.25. The molecule has 66 valence electrons. The number of nitrogens with zero attached hydrogens (tertiary/aromatic N) is 1. The molecule has 1 aromatic heterocycles. The van der Waals surface area contributed by atoms with Crippen molar-refractivity contribution in [3.05, 3.63) is 27.5 Å². The average Bonchev–Trinajstić information content (AvgIpc) is 1.83.